The minimum Gasteiger partial charge on any atom is -0.356 e. The summed E-state index contributed by atoms with van der Waals surface area (Å²) in [6.07, 6.45) is 2.70. The third kappa shape index (κ3) is 13.3. The summed E-state index contributed by atoms with van der Waals surface area (Å²) in [4.78, 5) is 18.6. The number of hydrogen-bond donors (Lipinski definition) is 2. The SMILES string of the molecule is C=CC(Br)=C(C)C.C=O.CC.NC[C@@H]1CCNC1=O. The maximum atomic E-state index is 10.6. The van der Waals surface area contributed by atoms with Gasteiger partial charge in [-0.3, -0.25) is 4.79 Å². The summed E-state index contributed by atoms with van der Waals surface area (Å²) in [5.41, 5.74) is 6.52. The Bertz CT molecular complexity index is 275. The largest absolute Gasteiger partial charge is 0.356 e. The third-order valence-corrected chi connectivity index (χ3v) is 3.22. The molecule has 1 aliphatic rings. The Morgan fingerprint density at radius 2 is 1.95 bits per heavy atom. The average Bonchev–Trinajstić information content (AvgIpc) is 2.88. The van der Waals surface area contributed by atoms with Crippen molar-refractivity contribution in [2.24, 2.45) is 11.7 Å². The lowest BCUT2D eigenvalue weighted by molar-refractivity contribution is -0.122. The molecule has 1 heterocycles. The van der Waals surface area contributed by atoms with E-state index in [9.17, 15) is 4.79 Å². The molecule has 1 saturated heterocycles. The molecule has 112 valence electrons. The van der Waals surface area contributed by atoms with E-state index in [4.69, 9.17) is 10.5 Å². The number of rotatable bonds is 2. The van der Waals surface area contributed by atoms with Crippen LogP contribution in [-0.2, 0) is 9.59 Å². The predicted molar refractivity (Wildman–Crippen MR) is 86.1 cm³/mol. The molecule has 1 amide bonds. The molecule has 0 aromatic rings. The molecular weight excluding hydrogens is 308 g/mol. The Balaban J connectivity index is -0.000000215. The van der Waals surface area contributed by atoms with E-state index < -0.39 is 0 Å². The molecule has 3 N–H and O–H groups in total. The molecule has 5 heteroatoms. The summed E-state index contributed by atoms with van der Waals surface area (Å²) in [7, 11) is 0. The minimum atomic E-state index is 0.0926. The van der Waals surface area contributed by atoms with E-state index in [1.165, 1.54) is 5.57 Å². The molecule has 1 atom stereocenters. The molecule has 19 heavy (non-hydrogen) atoms. The van der Waals surface area contributed by atoms with Gasteiger partial charge in [0.15, 0.2) is 0 Å². The predicted octanol–water partition coefficient (Wildman–Crippen LogP) is 2.78. The fraction of sp³-hybridized carbons (Fsp3) is 0.571. The monoisotopic (exact) mass is 334 g/mol. The second-order valence-corrected chi connectivity index (χ2v) is 4.42. The maximum Gasteiger partial charge on any atom is 0.224 e. The van der Waals surface area contributed by atoms with Crippen LogP contribution >= 0.6 is 15.9 Å². The molecular formula is C14H27BrN2O2. The van der Waals surface area contributed by atoms with Gasteiger partial charge in [0.05, 0.1) is 5.92 Å². The van der Waals surface area contributed by atoms with Gasteiger partial charge in [0.2, 0.25) is 5.91 Å². The number of hydrogen-bond acceptors (Lipinski definition) is 3. The number of carbonyl (C=O) groups excluding carboxylic acids is 2. The van der Waals surface area contributed by atoms with Crippen molar-refractivity contribution in [1.29, 1.82) is 0 Å². The zero-order chi connectivity index (χ0) is 15.8. The first-order valence-electron chi connectivity index (χ1n) is 6.25. The van der Waals surface area contributed by atoms with Gasteiger partial charge in [-0.2, -0.15) is 0 Å². The molecule has 0 aliphatic carbocycles. The van der Waals surface area contributed by atoms with E-state index in [-0.39, 0.29) is 11.8 Å². The van der Waals surface area contributed by atoms with Crippen LogP contribution in [0.25, 0.3) is 0 Å². The number of amides is 1. The van der Waals surface area contributed by atoms with Crippen molar-refractivity contribution in [1.82, 2.24) is 5.32 Å². The van der Waals surface area contributed by atoms with Gasteiger partial charge in [0, 0.05) is 17.6 Å². The standard InChI is InChI=1S/C6H9Br.C5H10N2O.C2H6.CH2O/c1-4-6(7)5(2)3;6-3-4-1-2-7-5(4)8;2*1-2/h4H,1H2,2-3H3;4H,1-3,6H2,(H,7,8);1-2H3;1H2/t;4-;;/m.0../s1. The van der Waals surface area contributed by atoms with Crippen molar-refractivity contribution in [2.45, 2.75) is 34.1 Å². The van der Waals surface area contributed by atoms with Crippen molar-refractivity contribution in [3.63, 3.8) is 0 Å². The van der Waals surface area contributed by atoms with E-state index in [1.807, 2.05) is 34.5 Å². The first-order chi connectivity index (χ1) is 9.02. The molecule has 0 radical (unpaired) electrons. The van der Waals surface area contributed by atoms with Crippen LogP contribution in [0.15, 0.2) is 22.7 Å². The molecule has 1 fully saturated rings. The Hall–Kier alpha value is -0.940. The lowest BCUT2D eigenvalue weighted by Crippen LogP contribution is -2.24. The lowest BCUT2D eigenvalue weighted by atomic mass is 10.1. The van der Waals surface area contributed by atoms with E-state index >= 15 is 0 Å². The van der Waals surface area contributed by atoms with Crippen molar-refractivity contribution in [3.05, 3.63) is 22.7 Å². The molecule has 0 bridgehead atoms. The van der Waals surface area contributed by atoms with Crippen LogP contribution in [0.1, 0.15) is 34.1 Å². The van der Waals surface area contributed by atoms with E-state index in [0.717, 1.165) is 17.4 Å². The summed E-state index contributed by atoms with van der Waals surface area (Å²) >= 11 is 3.30. The highest BCUT2D eigenvalue weighted by atomic mass is 79.9. The van der Waals surface area contributed by atoms with Gasteiger partial charge in [-0.25, -0.2) is 0 Å². The van der Waals surface area contributed by atoms with Gasteiger partial charge < -0.3 is 15.8 Å². The van der Waals surface area contributed by atoms with E-state index in [1.54, 1.807) is 6.08 Å². The fourth-order valence-corrected chi connectivity index (χ4v) is 1.07. The second kappa shape index (κ2) is 17.1. The summed E-state index contributed by atoms with van der Waals surface area (Å²) in [5, 5.41) is 2.70. The number of nitrogens with one attached hydrogen (secondary N) is 1. The van der Waals surface area contributed by atoms with Crippen LogP contribution in [-0.4, -0.2) is 25.8 Å². The van der Waals surface area contributed by atoms with E-state index in [0.29, 0.717) is 6.54 Å². The number of halogens is 1. The number of allylic oxidation sites excluding steroid dienone is 3. The molecule has 0 saturated carbocycles. The van der Waals surface area contributed by atoms with Crippen LogP contribution in [0.3, 0.4) is 0 Å². The highest BCUT2D eigenvalue weighted by Gasteiger charge is 2.21. The zero-order valence-electron chi connectivity index (χ0n) is 12.5. The minimum absolute atomic E-state index is 0.0926. The molecule has 1 aliphatic heterocycles. The highest BCUT2D eigenvalue weighted by Crippen LogP contribution is 2.10. The molecule has 0 unspecified atom stereocenters. The second-order valence-electron chi connectivity index (χ2n) is 3.56. The summed E-state index contributed by atoms with van der Waals surface area (Å²) in [6, 6.07) is 0. The van der Waals surface area contributed by atoms with Gasteiger partial charge in [0.1, 0.15) is 6.79 Å². The highest BCUT2D eigenvalue weighted by molar-refractivity contribution is 9.11. The van der Waals surface area contributed by atoms with Crippen LogP contribution in [0.4, 0.5) is 0 Å². The number of carbonyl (C=O) groups is 2. The molecule has 0 spiro atoms. The molecule has 1 rings (SSSR count). The van der Waals surface area contributed by atoms with Gasteiger partial charge >= 0.3 is 0 Å². The normalized spacial score (nSPS) is 15.3. The van der Waals surface area contributed by atoms with Gasteiger partial charge in [-0.15, -0.1) is 0 Å². The zero-order valence-corrected chi connectivity index (χ0v) is 14.0. The Kier molecular flexibility index (Phi) is 20.8. The van der Waals surface area contributed by atoms with Crippen molar-refractivity contribution in [2.75, 3.05) is 13.1 Å². The first kappa shape index (κ1) is 23.2. The topological polar surface area (TPSA) is 72.2 Å². The van der Waals surface area contributed by atoms with Crippen LogP contribution in [0.2, 0.25) is 0 Å². The summed E-state index contributed by atoms with van der Waals surface area (Å²) in [5.74, 6) is 0.211. The van der Waals surface area contributed by atoms with E-state index in [2.05, 4.69) is 27.8 Å². The lowest BCUT2D eigenvalue weighted by Gasteiger charge is -1.97. The average molecular weight is 335 g/mol. The Labute approximate surface area is 125 Å². The smallest absolute Gasteiger partial charge is 0.224 e. The molecule has 0 aromatic carbocycles. The summed E-state index contributed by atoms with van der Waals surface area (Å²) < 4.78 is 1.09. The maximum absolute atomic E-state index is 10.6. The van der Waals surface area contributed by atoms with Gasteiger partial charge in [-0.05, 0) is 20.3 Å². The third-order valence-electron chi connectivity index (χ3n) is 2.10. The van der Waals surface area contributed by atoms with Crippen LogP contribution in [0, 0.1) is 5.92 Å². The molecule has 4 nitrogen and oxygen atoms in total. The van der Waals surface area contributed by atoms with Crippen molar-refractivity contribution < 1.29 is 9.59 Å². The summed E-state index contributed by atoms with van der Waals surface area (Å²) in [6.45, 7) is 14.9. The van der Waals surface area contributed by atoms with Crippen molar-refractivity contribution in [3.8, 4) is 0 Å². The first-order valence-corrected chi connectivity index (χ1v) is 7.04. The Morgan fingerprint density at radius 3 is 2.05 bits per heavy atom. The number of nitrogens with two attached hydrogens (primary N) is 1. The van der Waals surface area contributed by atoms with Crippen LogP contribution < -0.4 is 11.1 Å². The quantitative estimate of drug-likeness (QED) is 0.762. The Morgan fingerprint density at radius 1 is 1.47 bits per heavy atom. The van der Waals surface area contributed by atoms with Crippen molar-refractivity contribution >= 4 is 28.6 Å². The van der Waals surface area contributed by atoms with Gasteiger partial charge in [-0.1, -0.05) is 48.0 Å². The van der Waals surface area contributed by atoms with Gasteiger partial charge in [0.25, 0.3) is 0 Å². The van der Waals surface area contributed by atoms with Crippen LogP contribution in [0.5, 0.6) is 0 Å². The molecule has 0 aromatic heterocycles. The fourth-order valence-electron chi connectivity index (χ4n) is 1.07.